The van der Waals surface area contributed by atoms with Crippen LogP contribution in [-0.2, 0) is 0 Å². The van der Waals surface area contributed by atoms with Gasteiger partial charge in [0, 0.05) is 12.6 Å². The van der Waals surface area contributed by atoms with Gasteiger partial charge in [-0.3, -0.25) is 0 Å². The molecule has 1 aliphatic rings. The number of nitriles is 1. The van der Waals surface area contributed by atoms with Gasteiger partial charge in [-0.1, -0.05) is 18.9 Å². The van der Waals surface area contributed by atoms with E-state index in [4.69, 9.17) is 5.73 Å². The number of aryl methyl sites for hydroxylation is 1. The molecular weight excluding hydrogens is 246 g/mol. The molecule has 0 spiro atoms. The first kappa shape index (κ1) is 14.9. The summed E-state index contributed by atoms with van der Waals surface area (Å²) < 4.78 is 0. The lowest BCUT2D eigenvalue weighted by Crippen LogP contribution is -2.45. The highest BCUT2D eigenvalue weighted by atomic mass is 15.2. The van der Waals surface area contributed by atoms with Crippen LogP contribution in [0.5, 0.6) is 0 Å². The Morgan fingerprint density at radius 2 is 2.10 bits per heavy atom. The molecule has 0 aliphatic heterocycles. The van der Waals surface area contributed by atoms with Crippen LogP contribution in [0.2, 0.25) is 0 Å². The molecule has 0 heterocycles. The van der Waals surface area contributed by atoms with Crippen molar-refractivity contribution in [2.75, 3.05) is 18.0 Å². The van der Waals surface area contributed by atoms with Crippen molar-refractivity contribution in [1.29, 1.82) is 5.26 Å². The Balaban J connectivity index is 2.36. The number of hydrogen-bond donors (Lipinski definition) is 1. The normalized spacial score (nSPS) is 22.3. The molecular formula is C17H25N3. The van der Waals surface area contributed by atoms with E-state index in [-0.39, 0.29) is 0 Å². The third-order valence-corrected chi connectivity index (χ3v) is 4.50. The summed E-state index contributed by atoms with van der Waals surface area (Å²) in [7, 11) is 0. The fraction of sp³-hybridized carbons (Fsp3) is 0.588. The van der Waals surface area contributed by atoms with Crippen LogP contribution < -0.4 is 10.6 Å². The molecule has 1 aromatic rings. The first-order valence-electron chi connectivity index (χ1n) is 7.68. The maximum Gasteiger partial charge on any atom is 0.101 e. The number of rotatable bonds is 4. The zero-order valence-electron chi connectivity index (χ0n) is 12.6. The molecule has 0 radical (unpaired) electrons. The Morgan fingerprint density at radius 1 is 1.35 bits per heavy atom. The number of nitrogens with two attached hydrogens (primary N) is 1. The Hall–Kier alpha value is -1.53. The number of nitrogens with zero attached hydrogens (tertiary/aromatic N) is 2. The molecule has 1 fully saturated rings. The predicted molar refractivity (Wildman–Crippen MR) is 83.7 cm³/mol. The SMILES string of the molecule is CCN(c1cc(C)ccc1C#N)C1CCCCC1CN. The summed E-state index contributed by atoms with van der Waals surface area (Å²) in [5.74, 6) is 0.552. The zero-order chi connectivity index (χ0) is 14.5. The summed E-state index contributed by atoms with van der Waals surface area (Å²) in [5.41, 5.74) is 9.04. The average molecular weight is 271 g/mol. The van der Waals surface area contributed by atoms with E-state index in [1.54, 1.807) is 0 Å². The van der Waals surface area contributed by atoms with Gasteiger partial charge in [-0.05, 0) is 56.8 Å². The molecule has 1 aliphatic carbocycles. The highest BCUT2D eigenvalue weighted by Crippen LogP contribution is 2.33. The van der Waals surface area contributed by atoms with Gasteiger partial charge in [-0.2, -0.15) is 5.26 Å². The van der Waals surface area contributed by atoms with Crippen LogP contribution in [0.25, 0.3) is 0 Å². The number of hydrogen-bond acceptors (Lipinski definition) is 3. The summed E-state index contributed by atoms with van der Waals surface area (Å²) in [4.78, 5) is 2.40. The molecule has 2 rings (SSSR count). The minimum absolute atomic E-state index is 0.479. The van der Waals surface area contributed by atoms with E-state index in [2.05, 4.69) is 30.9 Å². The molecule has 2 unspecified atom stereocenters. The van der Waals surface area contributed by atoms with Gasteiger partial charge >= 0.3 is 0 Å². The fourth-order valence-corrected chi connectivity index (χ4v) is 3.43. The lowest BCUT2D eigenvalue weighted by molar-refractivity contribution is 0.300. The van der Waals surface area contributed by atoms with Crippen molar-refractivity contribution in [3.05, 3.63) is 29.3 Å². The average Bonchev–Trinajstić information content (AvgIpc) is 2.49. The van der Waals surface area contributed by atoms with Crippen molar-refractivity contribution in [3.63, 3.8) is 0 Å². The van der Waals surface area contributed by atoms with Gasteiger partial charge in [0.1, 0.15) is 6.07 Å². The summed E-state index contributed by atoms with van der Waals surface area (Å²) in [5, 5.41) is 9.37. The quantitative estimate of drug-likeness (QED) is 0.915. The summed E-state index contributed by atoms with van der Waals surface area (Å²) in [6.45, 7) is 5.93. The van der Waals surface area contributed by atoms with Gasteiger partial charge in [-0.25, -0.2) is 0 Å². The van der Waals surface area contributed by atoms with Crippen molar-refractivity contribution in [2.45, 2.75) is 45.6 Å². The van der Waals surface area contributed by atoms with E-state index in [0.29, 0.717) is 12.0 Å². The highest BCUT2D eigenvalue weighted by molar-refractivity contribution is 5.61. The van der Waals surface area contributed by atoms with Crippen LogP contribution in [0.3, 0.4) is 0 Å². The topological polar surface area (TPSA) is 53.0 Å². The molecule has 1 saturated carbocycles. The standard InChI is InChI=1S/C17H25N3/c1-3-20(16-7-5-4-6-14(16)11-18)17-10-13(2)8-9-15(17)12-19/h8-10,14,16H,3-7,11,18H2,1-2H3. The molecule has 20 heavy (non-hydrogen) atoms. The van der Waals surface area contributed by atoms with Crippen LogP contribution in [0.1, 0.15) is 43.7 Å². The maximum atomic E-state index is 9.37. The van der Waals surface area contributed by atoms with Crippen LogP contribution >= 0.6 is 0 Å². The van der Waals surface area contributed by atoms with Gasteiger partial charge in [-0.15, -0.1) is 0 Å². The van der Waals surface area contributed by atoms with E-state index in [1.165, 1.54) is 31.2 Å². The minimum atomic E-state index is 0.479. The molecule has 2 atom stereocenters. The second-order valence-electron chi connectivity index (χ2n) is 5.77. The van der Waals surface area contributed by atoms with Crippen LogP contribution in [0.4, 0.5) is 5.69 Å². The Kier molecular flexibility index (Phi) is 5.03. The molecule has 0 bridgehead atoms. The fourth-order valence-electron chi connectivity index (χ4n) is 3.43. The summed E-state index contributed by atoms with van der Waals surface area (Å²) in [6, 6.07) is 8.91. The predicted octanol–water partition coefficient (Wildman–Crippen LogP) is 3.21. The molecule has 3 nitrogen and oxygen atoms in total. The van der Waals surface area contributed by atoms with E-state index >= 15 is 0 Å². The lowest BCUT2D eigenvalue weighted by Gasteiger charge is -2.41. The largest absolute Gasteiger partial charge is 0.367 e. The molecule has 0 saturated heterocycles. The molecule has 3 heteroatoms. The third-order valence-electron chi connectivity index (χ3n) is 4.50. The van der Waals surface area contributed by atoms with Crippen molar-refractivity contribution in [1.82, 2.24) is 0 Å². The number of benzene rings is 1. The number of anilines is 1. The summed E-state index contributed by atoms with van der Waals surface area (Å²) in [6.07, 6.45) is 4.96. The Bertz CT molecular complexity index is 489. The maximum absolute atomic E-state index is 9.37. The van der Waals surface area contributed by atoms with Gasteiger partial charge < -0.3 is 10.6 Å². The van der Waals surface area contributed by atoms with Crippen molar-refractivity contribution in [2.24, 2.45) is 11.7 Å². The van der Waals surface area contributed by atoms with Crippen LogP contribution in [0, 0.1) is 24.2 Å². The third kappa shape index (κ3) is 2.96. The molecule has 2 N–H and O–H groups in total. The molecule has 108 valence electrons. The summed E-state index contributed by atoms with van der Waals surface area (Å²) >= 11 is 0. The second kappa shape index (κ2) is 6.76. The van der Waals surface area contributed by atoms with E-state index in [9.17, 15) is 5.26 Å². The van der Waals surface area contributed by atoms with Crippen molar-refractivity contribution in [3.8, 4) is 6.07 Å². The van der Waals surface area contributed by atoms with Gasteiger partial charge in [0.15, 0.2) is 0 Å². The van der Waals surface area contributed by atoms with E-state index in [0.717, 1.165) is 24.3 Å². The Morgan fingerprint density at radius 3 is 2.75 bits per heavy atom. The van der Waals surface area contributed by atoms with Crippen LogP contribution in [-0.4, -0.2) is 19.1 Å². The first-order valence-corrected chi connectivity index (χ1v) is 7.68. The lowest BCUT2D eigenvalue weighted by atomic mass is 9.83. The second-order valence-corrected chi connectivity index (χ2v) is 5.77. The van der Waals surface area contributed by atoms with Gasteiger partial charge in [0.2, 0.25) is 0 Å². The van der Waals surface area contributed by atoms with E-state index in [1.807, 2.05) is 12.1 Å². The smallest absolute Gasteiger partial charge is 0.101 e. The molecule has 0 aromatic heterocycles. The van der Waals surface area contributed by atoms with Gasteiger partial charge in [0.05, 0.1) is 11.3 Å². The Labute approximate surface area is 122 Å². The monoisotopic (exact) mass is 271 g/mol. The zero-order valence-corrected chi connectivity index (χ0v) is 12.6. The van der Waals surface area contributed by atoms with Crippen LogP contribution in [0.15, 0.2) is 18.2 Å². The molecule has 1 aromatic carbocycles. The highest BCUT2D eigenvalue weighted by Gasteiger charge is 2.29. The van der Waals surface area contributed by atoms with Crippen molar-refractivity contribution < 1.29 is 0 Å². The minimum Gasteiger partial charge on any atom is -0.367 e. The first-order chi connectivity index (χ1) is 9.71. The molecule has 0 amide bonds. The van der Waals surface area contributed by atoms with Crippen molar-refractivity contribution >= 4 is 5.69 Å². The van der Waals surface area contributed by atoms with Gasteiger partial charge in [0.25, 0.3) is 0 Å². The van der Waals surface area contributed by atoms with E-state index < -0.39 is 0 Å².